The predicted octanol–water partition coefficient (Wildman–Crippen LogP) is 2.12. The Kier molecular flexibility index (Phi) is 10.6. The zero-order chi connectivity index (χ0) is 19.8. The van der Waals surface area contributed by atoms with Crippen molar-refractivity contribution >= 4 is 14.0 Å². The van der Waals surface area contributed by atoms with Crippen molar-refractivity contribution in [1.82, 2.24) is 0 Å². The average molecular weight is 529 g/mol. The summed E-state index contributed by atoms with van der Waals surface area (Å²) in [5.74, 6) is 0. The molecule has 0 bridgehead atoms. The first-order chi connectivity index (χ1) is 12.8. The molecule has 158 valence electrons. The fourth-order valence-electron chi connectivity index (χ4n) is 4.67. The maximum absolute atomic E-state index is 2.61. The molecule has 0 amide bonds. The van der Waals surface area contributed by atoms with Gasteiger partial charge in [0.15, 0.2) is 0 Å². The molecular formula is C25H35Cl2PZr. The Balaban J connectivity index is 0.00000210. The fraction of sp³-hybridized carbons (Fsp3) is 0.520. The maximum Gasteiger partial charge on any atom is -1.00 e. The molecule has 0 aromatic heterocycles. The van der Waals surface area contributed by atoms with Crippen LogP contribution in [0.5, 0.6) is 0 Å². The Morgan fingerprint density at radius 2 is 1.52 bits per heavy atom. The van der Waals surface area contributed by atoms with Crippen LogP contribution in [0, 0.1) is 5.41 Å². The molecule has 29 heavy (non-hydrogen) atoms. The molecule has 0 N–H and O–H groups in total. The second-order valence-electron chi connectivity index (χ2n) is 8.64. The second kappa shape index (κ2) is 11.3. The van der Waals surface area contributed by atoms with E-state index in [1.165, 1.54) is 30.7 Å². The van der Waals surface area contributed by atoms with Crippen molar-refractivity contribution in [2.75, 3.05) is 12.3 Å². The molecule has 1 aromatic carbocycles. The van der Waals surface area contributed by atoms with Gasteiger partial charge in [0.05, 0.1) is 0 Å². The van der Waals surface area contributed by atoms with E-state index in [2.05, 4.69) is 78.8 Å². The van der Waals surface area contributed by atoms with Crippen LogP contribution in [-0.2, 0) is 23.2 Å². The Labute approximate surface area is 204 Å². The van der Waals surface area contributed by atoms with E-state index in [0.29, 0.717) is 0 Å². The summed E-state index contributed by atoms with van der Waals surface area (Å²) in [7, 11) is 0.0323. The molecule has 4 heteroatoms. The fourth-order valence-corrected chi connectivity index (χ4v) is 13.7. The second-order valence-corrected chi connectivity index (χ2v) is 14.5. The molecule has 1 aromatic rings. The van der Waals surface area contributed by atoms with Gasteiger partial charge < -0.3 is 24.8 Å². The first-order valence-corrected chi connectivity index (χ1v) is 14.9. The van der Waals surface area contributed by atoms with E-state index < -0.39 is 23.2 Å². The van der Waals surface area contributed by atoms with Gasteiger partial charge in [-0.3, -0.25) is 0 Å². The number of hydrogen-bond acceptors (Lipinski definition) is 0. The van der Waals surface area contributed by atoms with Gasteiger partial charge in [-0.15, -0.1) is 0 Å². The van der Waals surface area contributed by atoms with Crippen LogP contribution in [0.25, 0.3) is 6.08 Å². The molecule has 0 saturated carbocycles. The molecule has 0 nitrogen and oxygen atoms in total. The largest absolute Gasteiger partial charge is 1.00 e. The first kappa shape index (κ1) is 27.4. The minimum atomic E-state index is -0.755. The van der Waals surface area contributed by atoms with Crippen molar-refractivity contribution in [3.8, 4) is 0 Å². The van der Waals surface area contributed by atoms with E-state index in [1.54, 1.807) is 22.3 Å². The summed E-state index contributed by atoms with van der Waals surface area (Å²) >= 11 is -0.755. The van der Waals surface area contributed by atoms with Crippen molar-refractivity contribution in [3.05, 3.63) is 60.7 Å². The van der Waals surface area contributed by atoms with Gasteiger partial charge in [0.1, 0.15) is 0 Å². The van der Waals surface area contributed by atoms with Crippen molar-refractivity contribution in [2.24, 2.45) is 5.41 Å². The molecular weight excluding hydrogens is 493 g/mol. The quantitative estimate of drug-likeness (QED) is 0.476. The number of fused-ring (bicyclic) bond motifs is 1. The van der Waals surface area contributed by atoms with Crippen LogP contribution in [0.3, 0.4) is 0 Å². The molecule has 2 aliphatic rings. The predicted molar refractivity (Wildman–Crippen MR) is 119 cm³/mol. The summed E-state index contributed by atoms with van der Waals surface area (Å²) in [6, 6.07) is 9.28. The monoisotopic (exact) mass is 526 g/mol. The van der Waals surface area contributed by atoms with E-state index in [-0.39, 0.29) is 38.2 Å². The minimum Gasteiger partial charge on any atom is -1.00 e. The van der Waals surface area contributed by atoms with Crippen LogP contribution in [0.2, 0.25) is 0 Å². The Bertz CT molecular complexity index is 814. The first-order valence-electron chi connectivity index (χ1n) is 10.5. The van der Waals surface area contributed by atoms with Gasteiger partial charge in [0.25, 0.3) is 0 Å². The zero-order valence-corrected chi connectivity index (χ0v) is 23.9. The Morgan fingerprint density at radius 1 is 0.931 bits per heavy atom. The third-order valence-electron chi connectivity index (χ3n) is 6.61. The van der Waals surface area contributed by atoms with Gasteiger partial charge in [-0.25, -0.2) is 0 Å². The summed E-state index contributed by atoms with van der Waals surface area (Å²) in [6.45, 7) is 16.8. The number of hydrogen-bond donors (Lipinski definition) is 0. The van der Waals surface area contributed by atoms with Gasteiger partial charge in [-0.05, 0) is 0 Å². The Morgan fingerprint density at radius 3 is 2.03 bits per heavy atom. The van der Waals surface area contributed by atoms with Crippen LogP contribution >= 0.6 is 7.92 Å². The standard InChI is InChI=1S/C15H20P.C10H15.2ClH.Zr/c1-3-9-16(10-4-2)15-11-13-7-5-6-8-14(13)12-15;1-7-6-10(4,5)9(3)8(7)2;;;/h5-8,11-12H,3-4,9-10H2,1-2H3;1-5H3;2*1H;/q;;;;+2/p-2. The topological polar surface area (TPSA) is 0 Å². The summed E-state index contributed by atoms with van der Waals surface area (Å²) in [5, 5.41) is 1.85. The number of allylic oxidation sites excluding steroid dienone is 5. The van der Waals surface area contributed by atoms with Crippen molar-refractivity contribution in [2.45, 2.75) is 64.9 Å². The molecule has 2 aliphatic carbocycles. The molecule has 1 unspecified atom stereocenters. The third kappa shape index (κ3) is 5.22. The molecule has 0 fully saturated rings. The summed E-state index contributed by atoms with van der Waals surface area (Å²) in [4.78, 5) is 0. The average Bonchev–Trinajstić information content (AvgIpc) is 3.07. The molecule has 0 spiro atoms. The molecule has 0 aliphatic heterocycles. The molecule has 0 heterocycles. The Hall–Kier alpha value is 0.333. The molecule has 1 atom stereocenters. The zero-order valence-electron chi connectivity index (χ0n) is 19.0. The van der Waals surface area contributed by atoms with Gasteiger partial charge in [0.2, 0.25) is 0 Å². The van der Waals surface area contributed by atoms with Crippen LogP contribution in [0.1, 0.15) is 76.1 Å². The summed E-state index contributed by atoms with van der Waals surface area (Å²) < 4.78 is 2.61. The minimum absolute atomic E-state index is 0. The van der Waals surface area contributed by atoms with Crippen LogP contribution in [0.15, 0.2) is 49.6 Å². The van der Waals surface area contributed by atoms with E-state index in [1.807, 2.05) is 8.60 Å². The molecule has 3 rings (SSSR count). The van der Waals surface area contributed by atoms with Gasteiger partial charge in [-0.1, -0.05) is 0 Å². The van der Waals surface area contributed by atoms with Gasteiger partial charge in [-0.2, -0.15) is 0 Å². The van der Waals surface area contributed by atoms with Crippen LogP contribution in [-0.4, -0.2) is 12.3 Å². The van der Waals surface area contributed by atoms with E-state index >= 15 is 0 Å². The van der Waals surface area contributed by atoms with Gasteiger partial charge >= 0.3 is 181 Å². The SMILES string of the molecule is CCCP(CCC)C1=Cc2ccccc2[CH]1[Zr+2][C]1=C(C)C(C)=C(C)C1(C)C.[Cl-].[Cl-]. The summed E-state index contributed by atoms with van der Waals surface area (Å²) in [6.07, 6.45) is 8.09. The van der Waals surface area contributed by atoms with Crippen molar-refractivity contribution < 1.29 is 48.0 Å². The van der Waals surface area contributed by atoms with Crippen LogP contribution < -0.4 is 24.8 Å². The van der Waals surface area contributed by atoms with E-state index in [4.69, 9.17) is 0 Å². The normalized spacial score (nSPS) is 19.6. The number of halogens is 2. The number of rotatable bonds is 7. The number of benzene rings is 1. The summed E-state index contributed by atoms with van der Waals surface area (Å²) in [5.41, 5.74) is 8.25. The molecule has 0 saturated heterocycles. The molecule has 0 radical (unpaired) electrons. The van der Waals surface area contributed by atoms with Crippen LogP contribution in [0.4, 0.5) is 0 Å². The van der Waals surface area contributed by atoms with E-state index in [0.717, 1.165) is 3.63 Å². The smallest absolute Gasteiger partial charge is 1.00 e. The van der Waals surface area contributed by atoms with E-state index in [9.17, 15) is 0 Å². The van der Waals surface area contributed by atoms with Gasteiger partial charge in [0, 0.05) is 0 Å². The third-order valence-corrected chi connectivity index (χ3v) is 15.7. The van der Waals surface area contributed by atoms with Crippen molar-refractivity contribution in [1.29, 1.82) is 0 Å². The van der Waals surface area contributed by atoms with Crippen molar-refractivity contribution in [3.63, 3.8) is 0 Å². The maximum atomic E-state index is 2.61.